The maximum atomic E-state index is 14.2. The molecule has 2 aromatic carbocycles. The first kappa shape index (κ1) is 29.9. The van der Waals surface area contributed by atoms with E-state index in [4.69, 9.17) is 11.6 Å². The highest BCUT2D eigenvalue weighted by Crippen LogP contribution is 2.33. The van der Waals surface area contributed by atoms with Crippen molar-refractivity contribution in [1.82, 2.24) is 24.2 Å². The highest BCUT2D eigenvalue weighted by atomic mass is 35.5. The van der Waals surface area contributed by atoms with Crippen molar-refractivity contribution in [3.63, 3.8) is 0 Å². The summed E-state index contributed by atoms with van der Waals surface area (Å²) in [5, 5.41) is 7.44. The number of hydrogen-bond donors (Lipinski definition) is 2. The Morgan fingerprint density at radius 1 is 1.07 bits per heavy atom. The molecular formula is C29H31ClF2N6O3S. The van der Waals surface area contributed by atoms with Crippen LogP contribution in [0.3, 0.4) is 0 Å². The first-order valence-corrected chi connectivity index (χ1v) is 15.3. The molecule has 9 nitrogen and oxygen atoms in total. The van der Waals surface area contributed by atoms with Crippen molar-refractivity contribution in [1.29, 1.82) is 0 Å². The van der Waals surface area contributed by atoms with Crippen LogP contribution < -0.4 is 10.0 Å². The number of carbonyl (C=O) groups excluding carboxylic acids is 1. The molecule has 13 heteroatoms. The number of halogens is 3. The van der Waals surface area contributed by atoms with E-state index in [2.05, 4.69) is 20.1 Å². The average molecular weight is 617 g/mol. The number of hydrogen-bond acceptors (Lipinski definition) is 6. The topological polar surface area (TPSA) is 109 Å². The highest BCUT2D eigenvalue weighted by molar-refractivity contribution is 7.89. The fourth-order valence-electron chi connectivity index (χ4n) is 5.04. The van der Waals surface area contributed by atoms with Gasteiger partial charge in [0, 0.05) is 24.8 Å². The Kier molecular flexibility index (Phi) is 7.99. The Balaban J connectivity index is 1.53. The van der Waals surface area contributed by atoms with E-state index >= 15 is 0 Å². The zero-order valence-corrected chi connectivity index (χ0v) is 25.2. The van der Waals surface area contributed by atoms with Crippen molar-refractivity contribution in [3.05, 3.63) is 82.1 Å². The molecule has 0 atom stereocenters. The summed E-state index contributed by atoms with van der Waals surface area (Å²) in [6.45, 7) is 7.61. The molecule has 1 fully saturated rings. The Morgan fingerprint density at radius 3 is 2.38 bits per heavy atom. The van der Waals surface area contributed by atoms with Crippen molar-refractivity contribution >= 4 is 44.7 Å². The maximum absolute atomic E-state index is 14.2. The minimum atomic E-state index is -4.02. The van der Waals surface area contributed by atoms with Gasteiger partial charge in [-0.3, -0.25) is 4.79 Å². The fourth-order valence-corrected chi connectivity index (χ4v) is 6.72. The van der Waals surface area contributed by atoms with Crippen molar-refractivity contribution in [2.45, 2.75) is 56.9 Å². The van der Waals surface area contributed by atoms with Gasteiger partial charge >= 0.3 is 0 Å². The highest BCUT2D eigenvalue weighted by Gasteiger charge is 2.31. The zero-order chi connectivity index (χ0) is 30.4. The van der Waals surface area contributed by atoms with E-state index in [1.54, 1.807) is 44.7 Å². The minimum absolute atomic E-state index is 0.00391. The van der Waals surface area contributed by atoms with Gasteiger partial charge in [-0.2, -0.15) is 9.61 Å². The summed E-state index contributed by atoms with van der Waals surface area (Å²) in [6.07, 6.45) is 3.85. The predicted molar refractivity (Wildman–Crippen MR) is 157 cm³/mol. The number of likely N-dealkylation sites (tertiary alicyclic amines) is 1. The quantitative estimate of drug-likeness (QED) is 0.283. The largest absolute Gasteiger partial charge is 0.338 e. The van der Waals surface area contributed by atoms with Gasteiger partial charge in [0.15, 0.2) is 5.65 Å². The molecule has 0 radical (unpaired) electrons. The van der Waals surface area contributed by atoms with Gasteiger partial charge in [-0.1, -0.05) is 23.7 Å². The maximum Gasteiger partial charge on any atom is 0.259 e. The van der Waals surface area contributed by atoms with E-state index < -0.39 is 21.4 Å². The molecule has 42 heavy (non-hydrogen) atoms. The van der Waals surface area contributed by atoms with E-state index in [0.717, 1.165) is 11.6 Å². The number of amides is 1. The van der Waals surface area contributed by atoms with E-state index in [9.17, 15) is 22.0 Å². The molecule has 0 bridgehead atoms. The third-order valence-corrected chi connectivity index (χ3v) is 9.14. The number of piperidine rings is 1. The number of anilines is 2. The number of aryl methyl sites for hydroxylation is 1. The lowest BCUT2D eigenvalue weighted by Gasteiger charge is -2.32. The van der Waals surface area contributed by atoms with Crippen LogP contribution in [0, 0.1) is 18.6 Å². The number of rotatable bonds is 6. The average Bonchev–Trinajstić information content (AvgIpc) is 3.37. The van der Waals surface area contributed by atoms with Gasteiger partial charge < -0.3 is 10.2 Å². The fraction of sp³-hybridized carbons (Fsp3) is 0.345. The van der Waals surface area contributed by atoms with Crippen molar-refractivity contribution in [3.8, 4) is 0 Å². The SMILES string of the molecule is Cc1cc(Nc2c(C(=O)N3CCC(c4ccc(F)cc4)CC3)cnc3c(S(=O)(=O)NC(C)(C)C)cnn23)c(Cl)cc1F. The Bertz CT molecular complexity index is 1760. The van der Waals surface area contributed by atoms with Gasteiger partial charge in [0.25, 0.3) is 5.91 Å². The second-order valence-electron chi connectivity index (χ2n) is 11.4. The normalized spacial score (nSPS) is 14.9. The van der Waals surface area contributed by atoms with Crippen LogP contribution in [0.1, 0.15) is 61.0 Å². The summed E-state index contributed by atoms with van der Waals surface area (Å²) in [5.41, 5.74) is 1.02. The summed E-state index contributed by atoms with van der Waals surface area (Å²) >= 11 is 6.35. The van der Waals surface area contributed by atoms with Crippen LogP contribution in [0.2, 0.25) is 5.02 Å². The number of sulfonamides is 1. The lowest BCUT2D eigenvalue weighted by atomic mass is 9.89. The molecular weight excluding hydrogens is 586 g/mol. The lowest BCUT2D eigenvalue weighted by Crippen LogP contribution is -2.40. The Morgan fingerprint density at radius 2 is 1.74 bits per heavy atom. The van der Waals surface area contributed by atoms with E-state index in [1.165, 1.54) is 35.1 Å². The van der Waals surface area contributed by atoms with Crippen LogP contribution in [0.15, 0.2) is 53.7 Å². The molecule has 1 amide bonds. The summed E-state index contributed by atoms with van der Waals surface area (Å²) in [5.74, 6) is -0.813. The summed E-state index contributed by atoms with van der Waals surface area (Å²) < 4.78 is 57.7. The summed E-state index contributed by atoms with van der Waals surface area (Å²) in [6, 6.07) is 9.06. The van der Waals surface area contributed by atoms with Gasteiger partial charge in [-0.15, -0.1) is 0 Å². The molecule has 0 unspecified atom stereocenters. The molecule has 3 heterocycles. The third kappa shape index (κ3) is 6.11. The number of fused-ring (bicyclic) bond motifs is 1. The molecule has 1 aliphatic rings. The van der Waals surface area contributed by atoms with Gasteiger partial charge in [0.05, 0.1) is 16.9 Å². The second-order valence-corrected chi connectivity index (χ2v) is 13.5. The van der Waals surface area contributed by atoms with Crippen LogP contribution in [-0.4, -0.2) is 52.5 Å². The molecule has 1 aliphatic heterocycles. The van der Waals surface area contributed by atoms with Crippen LogP contribution in [0.4, 0.5) is 20.3 Å². The van der Waals surface area contributed by atoms with E-state index in [1.807, 2.05) is 0 Å². The number of nitrogens with one attached hydrogen (secondary N) is 2. The summed E-state index contributed by atoms with van der Waals surface area (Å²) in [4.78, 5) is 19.7. The van der Waals surface area contributed by atoms with E-state index in [-0.39, 0.29) is 44.6 Å². The third-order valence-electron chi connectivity index (χ3n) is 7.08. The zero-order valence-electron chi connectivity index (χ0n) is 23.6. The number of carbonyl (C=O) groups is 1. The van der Waals surface area contributed by atoms with Crippen molar-refractivity contribution in [2.24, 2.45) is 0 Å². The first-order valence-electron chi connectivity index (χ1n) is 13.4. The van der Waals surface area contributed by atoms with Gasteiger partial charge in [0.2, 0.25) is 10.0 Å². The standard InChI is InChI=1S/C29H31ClF2N6O3S/c1-17-13-24(22(30)14-23(17)32)35-26-21(15-33-27-25(16-34-38(26)27)42(40,41)36-29(2,3)4)28(39)37-11-9-19(10-12-37)18-5-7-20(31)8-6-18/h5-8,13-16,19,35-36H,9-12H2,1-4H3. The lowest BCUT2D eigenvalue weighted by molar-refractivity contribution is 0.0713. The van der Waals surface area contributed by atoms with Gasteiger partial charge in [-0.05, 0) is 81.8 Å². The van der Waals surface area contributed by atoms with Crippen LogP contribution in [0.25, 0.3) is 5.65 Å². The molecule has 5 rings (SSSR count). The smallest absolute Gasteiger partial charge is 0.259 e. The van der Waals surface area contributed by atoms with Crippen LogP contribution >= 0.6 is 11.6 Å². The minimum Gasteiger partial charge on any atom is -0.338 e. The molecule has 2 N–H and O–H groups in total. The molecule has 0 aliphatic carbocycles. The monoisotopic (exact) mass is 616 g/mol. The number of aromatic nitrogens is 3. The van der Waals surface area contributed by atoms with Gasteiger partial charge in [-0.25, -0.2) is 26.9 Å². The number of nitrogens with zero attached hydrogens (tertiary/aromatic N) is 4. The Hall–Kier alpha value is -3.61. The van der Waals surface area contributed by atoms with Crippen LogP contribution in [-0.2, 0) is 10.0 Å². The van der Waals surface area contributed by atoms with Crippen molar-refractivity contribution < 1.29 is 22.0 Å². The molecule has 222 valence electrons. The predicted octanol–water partition coefficient (Wildman–Crippen LogP) is 5.81. The molecule has 1 saturated heterocycles. The first-order chi connectivity index (χ1) is 19.7. The molecule has 4 aromatic rings. The van der Waals surface area contributed by atoms with Crippen LogP contribution in [0.5, 0.6) is 0 Å². The Labute approximate surface area is 247 Å². The molecule has 0 spiro atoms. The van der Waals surface area contributed by atoms with Crippen molar-refractivity contribution in [2.75, 3.05) is 18.4 Å². The van der Waals surface area contributed by atoms with Gasteiger partial charge in [0.1, 0.15) is 27.9 Å². The second kappa shape index (κ2) is 11.2. The molecule has 0 saturated carbocycles. The van der Waals surface area contributed by atoms with E-state index in [0.29, 0.717) is 37.2 Å². The number of benzene rings is 2. The summed E-state index contributed by atoms with van der Waals surface area (Å²) in [7, 11) is -4.02. The molecule has 2 aromatic heterocycles.